The van der Waals surface area contributed by atoms with Gasteiger partial charge in [0.2, 0.25) is 0 Å². The first-order valence-corrected chi connectivity index (χ1v) is 5.20. The first kappa shape index (κ1) is 15.2. The molecular weight excluding hydrogens is 220 g/mol. The molecule has 0 saturated heterocycles. The number of rotatable bonds is 1. The van der Waals surface area contributed by atoms with Crippen LogP contribution in [0.3, 0.4) is 0 Å². The molecule has 0 aliphatic rings. The number of benzene rings is 1. The monoisotopic (exact) mass is 238 g/mol. The van der Waals surface area contributed by atoms with Crippen LogP contribution in [0.2, 0.25) is 0 Å². The Morgan fingerprint density at radius 2 is 1.53 bits per heavy atom. The Labute approximate surface area is 101 Å². The van der Waals surface area contributed by atoms with Crippen LogP contribution in [0.1, 0.15) is 27.7 Å². The summed E-state index contributed by atoms with van der Waals surface area (Å²) < 4.78 is 4.78. The summed E-state index contributed by atoms with van der Waals surface area (Å²) in [5, 5.41) is 8.25. The molecule has 0 heterocycles. The Bertz CT molecular complexity index is 363. The maximum Gasteiger partial charge on any atom is 0.308 e. The van der Waals surface area contributed by atoms with Gasteiger partial charge < -0.3 is 9.84 Å². The Morgan fingerprint density at radius 3 is 1.82 bits per heavy atom. The van der Waals surface area contributed by atoms with Crippen molar-refractivity contribution in [3.05, 3.63) is 30.3 Å². The van der Waals surface area contributed by atoms with Crippen molar-refractivity contribution in [3.63, 3.8) is 0 Å². The van der Waals surface area contributed by atoms with Gasteiger partial charge >= 0.3 is 11.9 Å². The predicted octanol–water partition coefficient (Wildman–Crippen LogP) is 2.73. The molecule has 4 heteroatoms. The van der Waals surface area contributed by atoms with Gasteiger partial charge in [-0.2, -0.15) is 0 Å². The van der Waals surface area contributed by atoms with E-state index >= 15 is 0 Å². The number of carboxylic acids is 1. The highest BCUT2D eigenvalue weighted by molar-refractivity contribution is 5.72. The van der Waals surface area contributed by atoms with Gasteiger partial charge in [-0.1, -0.05) is 18.2 Å². The molecule has 0 aliphatic heterocycles. The van der Waals surface area contributed by atoms with Gasteiger partial charge in [-0.15, -0.1) is 0 Å². The van der Waals surface area contributed by atoms with E-state index in [0.29, 0.717) is 5.75 Å². The van der Waals surface area contributed by atoms with Crippen molar-refractivity contribution in [2.75, 3.05) is 0 Å². The minimum atomic E-state index is -0.757. The fourth-order valence-corrected chi connectivity index (χ4v) is 0.655. The number of carbonyl (C=O) groups is 2. The largest absolute Gasteiger partial charge is 0.481 e. The Balaban J connectivity index is 0.000000325. The van der Waals surface area contributed by atoms with E-state index in [2.05, 4.69) is 0 Å². The maximum absolute atomic E-state index is 10.4. The van der Waals surface area contributed by atoms with Crippen LogP contribution < -0.4 is 4.74 Å². The Morgan fingerprint density at radius 1 is 1.12 bits per heavy atom. The van der Waals surface area contributed by atoms with E-state index in [-0.39, 0.29) is 5.97 Å². The van der Waals surface area contributed by atoms with E-state index in [0.717, 1.165) is 0 Å². The summed E-state index contributed by atoms with van der Waals surface area (Å²) in [6.07, 6.45) is 0. The third kappa shape index (κ3) is 8.02. The van der Waals surface area contributed by atoms with Crippen LogP contribution in [0, 0.1) is 5.41 Å². The zero-order valence-corrected chi connectivity index (χ0v) is 10.6. The van der Waals surface area contributed by atoms with E-state index in [9.17, 15) is 9.59 Å². The van der Waals surface area contributed by atoms with Crippen LogP contribution in [0.25, 0.3) is 0 Å². The molecule has 1 aromatic rings. The lowest BCUT2D eigenvalue weighted by Crippen LogP contribution is -2.18. The maximum atomic E-state index is 10.4. The van der Waals surface area contributed by atoms with Crippen molar-refractivity contribution in [1.29, 1.82) is 0 Å². The van der Waals surface area contributed by atoms with Crippen molar-refractivity contribution >= 4 is 11.9 Å². The minimum Gasteiger partial charge on any atom is -0.481 e. The van der Waals surface area contributed by atoms with E-state index in [1.807, 2.05) is 18.2 Å². The topological polar surface area (TPSA) is 63.6 Å². The molecule has 0 aromatic heterocycles. The van der Waals surface area contributed by atoms with Crippen molar-refractivity contribution in [1.82, 2.24) is 0 Å². The molecule has 0 fully saturated rings. The third-order valence-corrected chi connectivity index (χ3v) is 1.65. The first-order chi connectivity index (χ1) is 7.73. The van der Waals surface area contributed by atoms with Gasteiger partial charge in [-0.05, 0) is 32.9 Å². The number of ether oxygens (including phenoxy) is 1. The van der Waals surface area contributed by atoms with E-state index in [1.54, 1.807) is 32.9 Å². The molecule has 0 amide bonds. The van der Waals surface area contributed by atoms with E-state index in [4.69, 9.17) is 9.84 Å². The average Bonchev–Trinajstić information content (AvgIpc) is 2.17. The summed E-state index contributed by atoms with van der Waals surface area (Å²) in [5.41, 5.74) is -0.583. The molecule has 0 bridgehead atoms. The summed E-state index contributed by atoms with van der Waals surface area (Å²) in [5.74, 6) is -0.450. The van der Waals surface area contributed by atoms with Gasteiger partial charge in [-0.3, -0.25) is 9.59 Å². The smallest absolute Gasteiger partial charge is 0.308 e. The van der Waals surface area contributed by atoms with Crippen LogP contribution in [0.5, 0.6) is 5.75 Å². The fraction of sp³-hybridized carbons (Fsp3) is 0.385. The molecule has 0 radical (unpaired) electrons. The molecule has 1 aromatic carbocycles. The number of esters is 1. The minimum absolute atomic E-state index is 0.286. The number of aliphatic carboxylic acids is 1. The zero-order valence-electron chi connectivity index (χ0n) is 10.6. The second-order valence-electron chi connectivity index (χ2n) is 4.46. The van der Waals surface area contributed by atoms with Crippen LogP contribution in [-0.2, 0) is 9.59 Å². The number of hydrogen-bond acceptors (Lipinski definition) is 3. The number of carboxylic acid groups (broad SMARTS) is 1. The van der Waals surface area contributed by atoms with E-state index < -0.39 is 11.4 Å². The van der Waals surface area contributed by atoms with Gasteiger partial charge in [0.25, 0.3) is 0 Å². The predicted molar refractivity (Wildman–Crippen MR) is 64.8 cm³/mol. The van der Waals surface area contributed by atoms with Crippen LogP contribution in [0.15, 0.2) is 30.3 Å². The highest BCUT2D eigenvalue weighted by atomic mass is 16.5. The normalized spacial score (nSPS) is 9.88. The summed E-state index contributed by atoms with van der Waals surface area (Å²) in [6, 6.07) is 8.98. The van der Waals surface area contributed by atoms with Crippen molar-refractivity contribution < 1.29 is 19.4 Å². The van der Waals surface area contributed by atoms with Crippen LogP contribution in [0.4, 0.5) is 0 Å². The molecule has 1 rings (SSSR count). The summed E-state index contributed by atoms with van der Waals surface area (Å²) in [7, 11) is 0. The molecule has 0 unspecified atom stereocenters. The van der Waals surface area contributed by atoms with Crippen molar-refractivity contribution in [2.24, 2.45) is 5.41 Å². The molecule has 0 atom stereocenters. The van der Waals surface area contributed by atoms with Gasteiger partial charge in [0, 0.05) is 6.92 Å². The zero-order chi connectivity index (χ0) is 13.5. The van der Waals surface area contributed by atoms with Gasteiger partial charge in [-0.25, -0.2) is 0 Å². The standard InChI is InChI=1S/C8H8O2.C5H10O2/c1-7(9)10-8-5-3-2-4-6-8;1-5(2,3)4(6)7/h2-6H,1H3;1-3H3,(H,6,7). The quantitative estimate of drug-likeness (QED) is 0.603. The average molecular weight is 238 g/mol. The summed E-state index contributed by atoms with van der Waals surface area (Å²) >= 11 is 0. The number of carbonyl (C=O) groups excluding carboxylic acids is 1. The summed E-state index contributed by atoms with van der Waals surface area (Å²) in [4.78, 5) is 20.4. The highest BCUT2D eigenvalue weighted by Gasteiger charge is 2.18. The second kappa shape index (κ2) is 6.68. The highest BCUT2D eigenvalue weighted by Crippen LogP contribution is 2.11. The SMILES string of the molecule is CC(=O)Oc1ccccc1.CC(C)(C)C(=O)O. The Kier molecular flexibility index (Phi) is 5.96. The van der Waals surface area contributed by atoms with Crippen LogP contribution >= 0.6 is 0 Å². The molecular formula is C13H18O4. The second-order valence-corrected chi connectivity index (χ2v) is 4.46. The van der Waals surface area contributed by atoms with Crippen molar-refractivity contribution in [3.8, 4) is 5.75 Å². The number of hydrogen-bond donors (Lipinski definition) is 1. The molecule has 17 heavy (non-hydrogen) atoms. The lowest BCUT2D eigenvalue weighted by Gasteiger charge is -2.08. The molecule has 0 aliphatic carbocycles. The fourth-order valence-electron chi connectivity index (χ4n) is 0.655. The molecule has 1 N–H and O–H groups in total. The molecule has 0 saturated carbocycles. The lowest BCUT2D eigenvalue weighted by atomic mass is 9.98. The molecule has 4 nitrogen and oxygen atoms in total. The van der Waals surface area contributed by atoms with E-state index in [1.165, 1.54) is 6.92 Å². The van der Waals surface area contributed by atoms with Crippen molar-refractivity contribution in [2.45, 2.75) is 27.7 Å². The first-order valence-electron chi connectivity index (χ1n) is 5.20. The summed E-state index contributed by atoms with van der Waals surface area (Å²) in [6.45, 7) is 6.37. The lowest BCUT2D eigenvalue weighted by molar-refractivity contribution is -0.145. The molecule has 94 valence electrons. The van der Waals surface area contributed by atoms with Gasteiger partial charge in [0.05, 0.1) is 5.41 Å². The Hall–Kier alpha value is -1.84. The number of para-hydroxylation sites is 1. The molecule has 0 spiro atoms. The third-order valence-electron chi connectivity index (χ3n) is 1.65. The van der Waals surface area contributed by atoms with Gasteiger partial charge in [0.1, 0.15) is 5.75 Å². The van der Waals surface area contributed by atoms with Crippen LogP contribution in [-0.4, -0.2) is 17.0 Å². The van der Waals surface area contributed by atoms with Gasteiger partial charge in [0.15, 0.2) is 0 Å².